The summed E-state index contributed by atoms with van der Waals surface area (Å²) >= 11 is 0. The van der Waals surface area contributed by atoms with E-state index in [-0.39, 0.29) is 24.4 Å². The molecular weight excluding hydrogens is 224 g/mol. The Kier molecular flexibility index (Phi) is 4.77. The van der Waals surface area contributed by atoms with Crippen LogP contribution in [0, 0.1) is 0 Å². The molecule has 0 spiro atoms. The van der Waals surface area contributed by atoms with Crippen LogP contribution in [0.4, 0.5) is 5.69 Å². The van der Waals surface area contributed by atoms with Crippen LogP contribution in [0.2, 0.25) is 0 Å². The van der Waals surface area contributed by atoms with Gasteiger partial charge in [-0.2, -0.15) is 0 Å². The molecule has 4 heteroatoms. The summed E-state index contributed by atoms with van der Waals surface area (Å²) in [5.41, 5.74) is 0.955. The Labute approximate surface area is 102 Å². The predicted molar refractivity (Wildman–Crippen MR) is 68.1 cm³/mol. The maximum Gasteiger partial charge on any atom is 0.243 e. The number of benzene rings is 1. The maximum absolute atomic E-state index is 12.0. The average molecular weight is 241 g/mol. The Balaban J connectivity index is 0.00000128. The van der Waals surface area contributed by atoms with Gasteiger partial charge >= 0.3 is 0 Å². The van der Waals surface area contributed by atoms with Gasteiger partial charge in [-0.1, -0.05) is 18.2 Å². The van der Waals surface area contributed by atoms with Crippen molar-refractivity contribution in [1.82, 2.24) is 5.32 Å². The quantitative estimate of drug-likeness (QED) is 0.856. The normalized spacial score (nSPS) is 18.9. The van der Waals surface area contributed by atoms with E-state index in [9.17, 15) is 4.79 Å². The minimum absolute atomic E-state index is 0. The van der Waals surface area contributed by atoms with Gasteiger partial charge in [0.1, 0.15) is 0 Å². The minimum Gasteiger partial charge on any atom is -0.314 e. The van der Waals surface area contributed by atoms with Crippen molar-refractivity contribution >= 4 is 24.0 Å². The Morgan fingerprint density at radius 3 is 2.62 bits per heavy atom. The van der Waals surface area contributed by atoms with E-state index in [1.165, 1.54) is 0 Å². The molecule has 0 radical (unpaired) electrons. The number of hydrogen-bond acceptors (Lipinski definition) is 2. The number of anilines is 1. The van der Waals surface area contributed by atoms with Gasteiger partial charge in [-0.05, 0) is 31.5 Å². The zero-order chi connectivity index (χ0) is 10.7. The highest BCUT2D eigenvalue weighted by atomic mass is 35.5. The number of carbonyl (C=O) groups excluding carboxylic acids is 1. The van der Waals surface area contributed by atoms with E-state index in [0.717, 1.165) is 25.1 Å². The number of hydrogen-bond donors (Lipinski definition) is 1. The van der Waals surface area contributed by atoms with Crippen LogP contribution in [0.25, 0.3) is 0 Å². The van der Waals surface area contributed by atoms with Crippen molar-refractivity contribution in [3.05, 3.63) is 30.3 Å². The molecule has 1 fully saturated rings. The molecule has 1 N–H and O–H groups in total. The summed E-state index contributed by atoms with van der Waals surface area (Å²) in [5.74, 6) is 0.165. The third-order valence-corrected chi connectivity index (χ3v) is 2.83. The van der Waals surface area contributed by atoms with Crippen LogP contribution < -0.4 is 10.2 Å². The van der Waals surface area contributed by atoms with E-state index in [1.807, 2.05) is 37.4 Å². The maximum atomic E-state index is 12.0. The minimum atomic E-state index is 0. The Bertz CT molecular complexity index is 336. The first-order chi connectivity index (χ1) is 7.29. The van der Waals surface area contributed by atoms with Gasteiger partial charge in [0.05, 0.1) is 6.04 Å². The Morgan fingerprint density at radius 2 is 2.06 bits per heavy atom. The largest absolute Gasteiger partial charge is 0.314 e. The lowest BCUT2D eigenvalue weighted by Crippen LogP contribution is -2.41. The summed E-state index contributed by atoms with van der Waals surface area (Å²) in [5, 5.41) is 3.22. The summed E-state index contributed by atoms with van der Waals surface area (Å²) in [6, 6.07) is 9.76. The summed E-state index contributed by atoms with van der Waals surface area (Å²) in [6.07, 6.45) is 2.05. The van der Waals surface area contributed by atoms with E-state index < -0.39 is 0 Å². The van der Waals surface area contributed by atoms with Crippen LogP contribution in [0.15, 0.2) is 30.3 Å². The predicted octanol–water partition coefficient (Wildman–Crippen LogP) is 1.82. The van der Waals surface area contributed by atoms with Crippen molar-refractivity contribution in [2.24, 2.45) is 0 Å². The second-order valence-electron chi connectivity index (χ2n) is 3.88. The summed E-state index contributed by atoms with van der Waals surface area (Å²) in [4.78, 5) is 13.7. The molecule has 3 nitrogen and oxygen atoms in total. The summed E-state index contributed by atoms with van der Waals surface area (Å²) in [7, 11) is 1.83. The molecule has 1 aliphatic heterocycles. The second-order valence-corrected chi connectivity index (χ2v) is 3.88. The number of halogens is 1. The van der Waals surface area contributed by atoms with Crippen molar-refractivity contribution < 1.29 is 4.79 Å². The van der Waals surface area contributed by atoms with E-state index in [4.69, 9.17) is 0 Å². The monoisotopic (exact) mass is 240 g/mol. The molecule has 88 valence electrons. The average Bonchev–Trinajstić information content (AvgIpc) is 2.82. The van der Waals surface area contributed by atoms with Crippen molar-refractivity contribution in [3.8, 4) is 0 Å². The van der Waals surface area contributed by atoms with Gasteiger partial charge in [0.15, 0.2) is 0 Å². The molecule has 2 rings (SSSR count). The van der Waals surface area contributed by atoms with Crippen molar-refractivity contribution in [2.75, 3.05) is 18.5 Å². The Hall–Kier alpha value is -1.06. The number of likely N-dealkylation sites (N-methyl/N-ethyl adjacent to an activating group) is 1. The smallest absolute Gasteiger partial charge is 0.243 e. The number of amides is 1. The van der Waals surface area contributed by atoms with Crippen LogP contribution in [-0.2, 0) is 4.79 Å². The first kappa shape index (κ1) is 13.0. The third kappa shape index (κ3) is 2.74. The Morgan fingerprint density at radius 1 is 1.38 bits per heavy atom. The van der Waals surface area contributed by atoms with E-state index >= 15 is 0 Å². The second kappa shape index (κ2) is 5.87. The van der Waals surface area contributed by atoms with Gasteiger partial charge in [-0.15, -0.1) is 12.4 Å². The van der Waals surface area contributed by atoms with Gasteiger partial charge in [-0.25, -0.2) is 0 Å². The highest BCUT2D eigenvalue weighted by Gasteiger charge is 2.25. The van der Waals surface area contributed by atoms with Gasteiger partial charge in [0.25, 0.3) is 0 Å². The van der Waals surface area contributed by atoms with Gasteiger partial charge in [0.2, 0.25) is 5.91 Å². The molecule has 0 saturated carbocycles. The molecule has 1 amide bonds. The third-order valence-electron chi connectivity index (χ3n) is 2.83. The first-order valence-electron chi connectivity index (χ1n) is 5.35. The lowest BCUT2D eigenvalue weighted by molar-refractivity contribution is -0.119. The molecule has 0 aliphatic carbocycles. The standard InChI is InChI=1S/C12H16N2O.ClH/c1-14(10-6-3-2-4-7-10)12(15)11-8-5-9-13-11;/h2-4,6-7,11,13H,5,8-9H2,1H3;1H/t11-;/m0./s1. The van der Waals surface area contributed by atoms with E-state index in [2.05, 4.69) is 5.32 Å². The summed E-state index contributed by atoms with van der Waals surface area (Å²) < 4.78 is 0. The molecule has 1 heterocycles. The molecule has 1 aromatic rings. The van der Waals surface area contributed by atoms with Gasteiger partial charge in [-0.3, -0.25) is 4.79 Å². The van der Waals surface area contributed by atoms with Crippen LogP contribution in [0.1, 0.15) is 12.8 Å². The molecular formula is C12H17ClN2O. The number of para-hydroxylation sites is 1. The van der Waals surface area contributed by atoms with Gasteiger partial charge < -0.3 is 10.2 Å². The highest BCUT2D eigenvalue weighted by molar-refractivity contribution is 5.96. The topological polar surface area (TPSA) is 32.3 Å². The molecule has 16 heavy (non-hydrogen) atoms. The fraction of sp³-hybridized carbons (Fsp3) is 0.417. The van der Waals surface area contributed by atoms with Crippen molar-refractivity contribution in [2.45, 2.75) is 18.9 Å². The van der Waals surface area contributed by atoms with E-state index in [0.29, 0.717) is 0 Å². The summed E-state index contributed by atoms with van der Waals surface area (Å²) in [6.45, 7) is 0.957. The van der Waals surface area contributed by atoms with Crippen molar-refractivity contribution in [1.29, 1.82) is 0 Å². The lowest BCUT2D eigenvalue weighted by Gasteiger charge is -2.21. The molecule has 1 aliphatic rings. The molecule has 0 unspecified atom stereocenters. The number of carbonyl (C=O) groups is 1. The van der Waals surface area contributed by atoms with Crippen molar-refractivity contribution in [3.63, 3.8) is 0 Å². The van der Waals surface area contributed by atoms with Crippen LogP contribution >= 0.6 is 12.4 Å². The van der Waals surface area contributed by atoms with Crippen LogP contribution in [-0.4, -0.2) is 25.5 Å². The van der Waals surface area contributed by atoms with E-state index in [1.54, 1.807) is 4.90 Å². The van der Waals surface area contributed by atoms with Crippen LogP contribution in [0.3, 0.4) is 0 Å². The zero-order valence-corrected chi connectivity index (χ0v) is 10.2. The molecule has 0 aromatic heterocycles. The first-order valence-corrected chi connectivity index (χ1v) is 5.35. The fourth-order valence-electron chi connectivity index (χ4n) is 1.91. The zero-order valence-electron chi connectivity index (χ0n) is 9.35. The van der Waals surface area contributed by atoms with Gasteiger partial charge in [0, 0.05) is 12.7 Å². The molecule has 1 saturated heterocycles. The fourth-order valence-corrected chi connectivity index (χ4v) is 1.91. The number of rotatable bonds is 2. The lowest BCUT2D eigenvalue weighted by atomic mass is 10.2. The SMILES string of the molecule is CN(C(=O)[C@@H]1CCCN1)c1ccccc1.Cl. The highest BCUT2D eigenvalue weighted by Crippen LogP contribution is 2.15. The molecule has 1 atom stereocenters. The molecule has 1 aromatic carbocycles. The number of nitrogens with zero attached hydrogens (tertiary/aromatic N) is 1. The molecule has 0 bridgehead atoms. The van der Waals surface area contributed by atoms with Crippen LogP contribution in [0.5, 0.6) is 0 Å². The number of nitrogens with one attached hydrogen (secondary N) is 1.